The van der Waals surface area contributed by atoms with E-state index in [2.05, 4.69) is 10.6 Å². The van der Waals surface area contributed by atoms with Gasteiger partial charge in [-0.1, -0.05) is 64.4 Å². The summed E-state index contributed by atoms with van der Waals surface area (Å²) in [6.07, 6.45) is 0.0721. The molecule has 2 N–H and O–H groups in total. The number of carbonyl (C=O) groups excluding carboxylic acids is 3. The maximum absolute atomic E-state index is 13.6. The Morgan fingerprint density at radius 2 is 1.76 bits per heavy atom. The number of hydrogen-bond donors (Lipinski definition) is 2. The average molecular weight is 520 g/mol. The Morgan fingerprint density at radius 3 is 2.30 bits per heavy atom. The highest BCUT2D eigenvalue weighted by Crippen LogP contribution is 2.29. The van der Waals surface area contributed by atoms with Crippen molar-refractivity contribution >= 4 is 18.0 Å². The second-order valence-corrected chi connectivity index (χ2v) is 11.3. The van der Waals surface area contributed by atoms with Gasteiger partial charge < -0.3 is 20.1 Å². The number of hydrogen-bond acceptors (Lipinski definition) is 7. The van der Waals surface area contributed by atoms with E-state index < -0.39 is 41.8 Å². The molecule has 0 bridgehead atoms. The minimum Gasteiger partial charge on any atom is -0.467 e. The van der Waals surface area contributed by atoms with Gasteiger partial charge in [-0.2, -0.15) is 5.06 Å². The molecule has 2 rings (SSSR count). The number of rotatable bonds is 11. The number of alkyl carbamates (subject to hydrolysis) is 1. The fourth-order valence-electron chi connectivity index (χ4n) is 4.39. The van der Waals surface area contributed by atoms with E-state index in [1.54, 1.807) is 25.8 Å². The third kappa shape index (κ3) is 9.63. The van der Waals surface area contributed by atoms with Crippen LogP contribution in [-0.4, -0.2) is 60.5 Å². The molecule has 208 valence electrons. The molecule has 1 aliphatic rings. The topological polar surface area (TPSA) is 106 Å². The van der Waals surface area contributed by atoms with Crippen LogP contribution in [0, 0.1) is 17.8 Å². The molecule has 1 heterocycles. The second-order valence-electron chi connectivity index (χ2n) is 11.3. The molecular weight excluding hydrogens is 474 g/mol. The van der Waals surface area contributed by atoms with Crippen LogP contribution in [0.15, 0.2) is 30.3 Å². The standard InChI is InChI=1S/C28H45N3O6/c1-9-19(4)23(26(33)35-8)30-25(32)21-17-31(16-20-13-11-10-12-14-20)37-24(21)22(15-18(2)3)29-27(34)36-28(5,6)7/h10-14,18-19,21-24H,9,15-17H2,1-8H3,(H,29,34)(H,30,32)/t19?,21?,22?,23-,24?/m0/s1. The highest BCUT2D eigenvalue weighted by molar-refractivity contribution is 5.86. The van der Waals surface area contributed by atoms with Crippen molar-refractivity contribution in [1.82, 2.24) is 15.7 Å². The van der Waals surface area contributed by atoms with E-state index in [1.165, 1.54) is 7.11 Å². The summed E-state index contributed by atoms with van der Waals surface area (Å²) in [5.41, 5.74) is 0.373. The van der Waals surface area contributed by atoms with Gasteiger partial charge in [0.05, 0.1) is 19.1 Å². The van der Waals surface area contributed by atoms with E-state index in [4.69, 9.17) is 14.3 Å². The van der Waals surface area contributed by atoms with Gasteiger partial charge in [0.1, 0.15) is 17.7 Å². The lowest BCUT2D eigenvalue weighted by Crippen LogP contribution is -2.54. The summed E-state index contributed by atoms with van der Waals surface area (Å²) in [6.45, 7) is 14.1. The quantitative estimate of drug-likeness (QED) is 0.425. The third-order valence-electron chi connectivity index (χ3n) is 6.40. The van der Waals surface area contributed by atoms with E-state index in [9.17, 15) is 14.4 Å². The monoisotopic (exact) mass is 519 g/mol. The van der Waals surface area contributed by atoms with Crippen molar-refractivity contribution in [3.05, 3.63) is 35.9 Å². The normalized spacial score (nSPS) is 20.7. The Morgan fingerprint density at radius 1 is 1.11 bits per heavy atom. The zero-order valence-electron chi connectivity index (χ0n) is 23.6. The number of benzene rings is 1. The summed E-state index contributed by atoms with van der Waals surface area (Å²) in [4.78, 5) is 45.2. The number of esters is 1. The lowest BCUT2D eigenvalue weighted by Gasteiger charge is -2.31. The van der Waals surface area contributed by atoms with Crippen molar-refractivity contribution < 1.29 is 28.7 Å². The Kier molecular flexibility index (Phi) is 11.4. The molecule has 1 fully saturated rings. The van der Waals surface area contributed by atoms with Gasteiger partial charge in [0.25, 0.3) is 0 Å². The number of nitrogens with zero attached hydrogens (tertiary/aromatic N) is 1. The number of amides is 2. The minimum atomic E-state index is -0.770. The van der Waals surface area contributed by atoms with E-state index >= 15 is 0 Å². The molecule has 1 aromatic carbocycles. The van der Waals surface area contributed by atoms with Crippen LogP contribution in [0.25, 0.3) is 0 Å². The van der Waals surface area contributed by atoms with E-state index in [0.717, 1.165) is 5.56 Å². The summed E-state index contributed by atoms with van der Waals surface area (Å²) < 4.78 is 10.5. The van der Waals surface area contributed by atoms with E-state index in [-0.39, 0.29) is 17.7 Å². The van der Waals surface area contributed by atoms with Crippen molar-refractivity contribution in [2.24, 2.45) is 17.8 Å². The summed E-state index contributed by atoms with van der Waals surface area (Å²) in [5.74, 6) is -1.30. The molecule has 37 heavy (non-hydrogen) atoms. The van der Waals surface area contributed by atoms with E-state index in [1.807, 2.05) is 58.0 Å². The molecule has 1 aromatic rings. The van der Waals surface area contributed by atoms with Crippen LogP contribution in [-0.2, 0) is 30.4 Å². The summed E-state index contributed by atoms with van der Waals surface area (Å²) in [7, 11) is 1.32. The smallest absolute Gasteiger partial charge is 0.407 e. The van der Waals surface area contributed by atoms with E-state index in [0.29, 0.717) is 25.9 Å². The maximum Gasteiger partial charge on any atom is 0.407 e. The number of ether oxygens (including phenoxy) is 2. The zero-order valence-corrected chi connectivity index (χ0v) is 23.6. The predicted octanol–water partition coefficient (Wildman–Crippen LogP) is 4.06. The molecule has 9 heteroatoms. The lowest BCUT2D eigenvalue weighted by molar-refractivity contribution is -0.164. The van der Waals surface area contributed by atoms with Crippen molar-refractivity contribution in [3.63, 3.8) is 0 Å². The largest absolute Gasteiger partial charge is 0.467 e. The Bertz CT molecular complexity index is 886. The van der Waals surface area contributed by atoms with Crippen molar-refractivity contribution in [1.29, 1.82) is 0 Å². The van der Waals surface area contributed by atoms with Gasteiger partial charge in [0.15, 0.2) is 0 Å². The fourth-order valence-corrected chi connectivity index (χ4v) is 4.39. The number of nitrogens with one attached hydrogen (secondary N) is 2. The molecule has 9 nitrogen and oxygen atoms in total. The maximum atomic E-state index is 13.6. The van der Waals surface area contributed by atoms with Crippen LogP contribution < -0.4 is 10.6 Å². The van der Waals surface area contributed by atoms with Gasteiger partial charge in [-0.3, -0.25) is 9.63 Å². The molecule has 0 saturated carbocycles. The van der Waals surface area contributed by atoms with Crippen LogP contribution in [0.5, 0.6) is 0 Å². The molecule has 0 aromatic heterocycles. The first-order valence-electron chi connectivity index (χ1n) is 13.2. The predicted molar refractivity (Wildman–Crippen MR) is 141 cm³/mol. The van der Waals surface area contributed by atoms with Crippen LogP contribution in [0.4, 0.5) is 4.79 Å². The number of methoxy groups -OCH3 is 1. The van der Waals surface area contributed by atoms with Crippen LogP contribution >= 0.6 is 0 Å². The average Bonchev–Trinajstić information content (AvgIpc) is 3.24. The van der Waals surface area contributed by atoms with Gasteiger partial charge in [-0.15, -0.1) is 0 Å². The molecule has 5 atom stereocenters. The molecular formula is C28H45N3O6. The van der Waals surface area contributed by atoms with Crippen LogP contribution in [0.2, 0.25) is 0 Å². The highest BCUT2D eigenvalue weighted by atomic mass is 16.7. The van der Waals surface area contributed by atoms with Crippen molar-refractivity contribution in [2.45, 2.75) is 91.6 Å². The van der Waals surface area contributed by atoms with Gasteiger partial charge in [-0.25, -0.2) is 9.59 Å². The summed E-state index contributed by atoms with van der Waals surface area (Å²) in [6, 6.07) is 8.58. The van der Waals surface area contributed by atoms with Gasteiger partial charge in [0, 0.05) is 13.1 Å². The molecule has 1 saturated heterocycles. The molecule has 2 amide bonds. The molecule has 0 spiro atoms. The zero-order chi connectivity index (χ0) is 27.8. The second kappa shape index (κ2) is 13.8. The first-order valence-corrected chi connectivity index (χ1v) is 13.2. The van der Waals surface area contributed by atoms with Crippen LogP contribution in [0.1, 0.15) is 66.9 Å². The Balaban J connectivity index is 2.33. The Hall–Kier alpha value is -2.65. The molecule has 1 aliphatic heterocycles. The Labute approximate surface area is 221 Å². The van der Waals surface area contributed by atoms with Gasteiger partial charge in [-0.05, 0) is 44.6 Å². The minimum absolute atomic E-state index is 0.107. The van der Waals surface area contributed by atoms with Gasteiger partial charge >= 0.3 is 12.1 Å². The number of hydroxylamine groups is 2. The lowest BCUT2D eigenvalue weighted by atomic mass is 9.89. The van der Waals surface area contributed by atoms with Gasteiger partial charge in [0.2, 0.25) is 5.91 Å². The summed E-state index contributed by atoms with van der Waals surface area (Å²) >= 11 is 0. The molecule has 0 radical (unpaired) electrons. The summed E-state index contributed by atoms with van der Waals surface area (Å²) in [5, 5.41) is 7.62. The first kappa shape index (κ1) is 30.6. The first-order chi connectivity index (χ1) is 17.3. The molecule has 0 aliphatic carbocycles. The van der Waals surface area contributed by atoms with Crippen LogP contribution in [0.3, 0.4) is 0 Å². The van der Waals surface area contributed by atoms with Crippen molar-refractivity contribution in [3.8, 4) is 0 Å². The SMILES string of the molecule is CCC(C)[C@H](NC(=O)C1CN(Cc2ccccc2)OC1C(CC(C)C)NC(=O)OC(C)(C)C)C(=O)OC. The third-order valence-corrected chi connectivity index (χ3v) is 6.40. The molecule has 4 unspecified atom stereocenters. The fraction of sp³-hybridized carbons (Fsp3) is 0.679. The number of carbonyl (C=O) groups is 3. The van der Waals surface area contributed by atoms with Crippen molar-refractivity contribution in [2.75, 3.05) is 13.7 Å². The highest BCUT2D eigenvalue weighted by Gasteiger charge is 2.45.